The van der Waals surface area contributed by atoms with Crippen LogP contribution in [0.1, 0.15) is 38.3 Å². The van der Waals surface area contributed by atoms with E-state index in [9.17, 15) is 0 Å². The van der Waals surface area contributed by atoms with Crippen LogP contribution in [0.5, 0.6) is 0 Å². The van der Waals surface area contributed by atoms with Gasteiger partial charge in [-0.3, -0.25) is 0 Å². The normalized spacial score (nSPS) is 11.8. The molecule has 1 aliphatic carbocycles. The molecule has 1 aliphatic rings. The fraction of sp³-hybridized carbons (Fsp3) is 0.250. The zero-order chi connectivity index (χ0) is 18.4. The number of hydrogen-bond donors (Lipinski definition) is 0. The van der Waals surface area contributed by atoms with E-state index in [2.05, 4.69) is 81.3 Å². The van der Waals surface area contributed by atoms with Crippen LogP contribution >= 0.6 is 0 Å². The molecule has 1 aromatic carbocycles. The van der Waals surface area contributed by atoms with E-state index >= 15 is 0 Å². The largest absolute Gasteiger partial charge is 0.103 e. The number of rotatable bonds is 4. The van der Waals surface area contributed by atoms with Gasteiger partial charge >= 0.3 is 0 Å². The van der Waals surface area contributed by atoms with Crippen molar-refractivity contribution in [3.63, 3.8) is 0 Å². The smallest absolute Gasteiger partial charge is 0.00231 e. The molecule has 0 spiro atoms. The van der Waals surface area contributed by atoms with Gasteiger partial charge in [0.15, 0.2) is 0 Å². The number of allylic oxidation sites excluding steroid dienone is 9. The van der Waals surface area contributed by atoms with E-state index in [4.69, 9.17) is 0 Å². The third kappa shape index (κ3) is 7.78. The van der Waals surface area contributed by atoms with Crippen LogP contribution in [0.25, 0.3) is 0 Å². The van der Waals surface area contributed by atoms with Gasteiger partial charge in [-0.15, -0.1) is 6.58 Å². The molecule has 0 fully saturated rings. The zero-order valence-electron chi connectivity index (χ0n) is 15.8. The molecule has 2 rings (SSSR count). The molecular weight excluding hydrogens is 288 g/mol. The molecule has 0 nitrogen and oxygen atoms in total. The summed E-state index contributed by atoms with van der Waals surface area (Å²) >= 11 is 0. The highest BCUT2D eigenvalue weighted by atomic mass is 14.1. The van der Waals surface area contributed by atoms with Crippen molar-refractivity contribution in [3.05, 3.63) is 108 Å². The van der Waals surface area contributed by atoms with Crippen molar-refractivity contribution in [2.45, 2.75) is 40.5 Å². The number of hydrogen-bond acceptors (Lipinski definition) is 0. The Morgan fingerprint density at radius 3 is 2.38 bits per heavy atom. The van der Waals surface area contributed by atoms with Crippen molar-refractivity contribution >= 4 is 0 Å². The van der Waals surface area contributed by atoms with Gasteiger partial charge in [-0.1, -0.05) is 87.7 Å². The van der Waals surface area contributed by atoms with E-state index in [1.165, 1.54) is 11.1 Å². The third-order valence-electron chi connectivity index (χ3n) is 3.42. The van der Waals surface area contributed by atoms with Crippen molar-refractivity contribution < 1.29 is 0 Å². The second-order valence-corrected chi connectivity index (χ2v) is 5.28. The van der Waals surface area contributed by atoms with Crippen LogP contribution in [0.4, 0.5) is 0 Å². The van der Waals surface area contributed by atoms with E-state index in [0.29, 0.717) is 0 Å². The maximum atomic E-state index is 4.20. The summed E-state index contributed by atoms with van der Waals surface area (Å²) in [7, 11) is 0. The predicted molar refractivity (Wildman–Crippen MR) is 111 cm³/mol. The Hall–Kier alpha value is -2.34. The van der Waals surface area contributed by atoms with E-state index in [1.807, 2.05) is 20.8 Å². The highest BCUT2D eigenvalue weighted by molar-refractivity contribution is 5.52. The van der Waals surface area contributed by atoms with Gasteiger partial charge in [0.05, 0.1) is 0 Å². The molecule has 0 heterocycles. The molecule has 0 unspecified atom stereocenters. The summed E-state index contributed by atoms with van der Waals surface area (Å²) in [6.45, 7) is 19.8. The Bertz CT molecular complexity index is 621. The lowest BCUT2D eigenvalue weighted by molar-refractivity contribution is 1.14. The minimum atomic E-state index is 0.862. The Morgan fingerprint density at radius 1 is 1.12 bits per heavy atom. The molecule has 0 atom stereocenters. The SMILES string of the molecule is C=C(Cc1ccccc1C)C(=C)C1=CC=CCC=C1.C=CC.CC. The lowest BCUT2D eigenvalue weighted by atomic mass is 9.93. The van der Waals surface area contributed by atoms with Gasteiger partial charge in [0, 0.05) is 0 Å². The topological polar surface area (TPSA) is 0 Å². The first-order valence-corrected chi connectivity index (χ1v) is 8.62. The maximum Gasteiger partial charge on any atom is -0.00231 e. The molecular formula is C24H32. The van der Waals surface area contributed by atoms with Crippen LogP contribution in [-0.4, -0.2) is 0 Å². The highest BCUT2D eigenvalue weighted by Crippen LogP contribution is 2.23. The molecule has 24 heavy (non-hydrogen) atoms. The average Bonchev–Trinajstić information content (AvgIpc) is 2.88. The standard InChI is InChI=1S/C19H20.C3H6.C2H6/c1-15-10-8-9-13-19(15)14-16(2)17(3)18-11-6-4-5-7-12-18;1-3-2;1-2/h4,6-13H,2-3,5,14H2,1H3;3H,1H2,2H3;1-2H3. The summed E-state index contributed by atoms with van der Waals surface area (Å²) in [6.07, 6.45) is 14.2. The average molecular weight is 321 g/mol. The Balaban J connectivity index is 0.000000952. The van der Waals surface area contributed by atoms with E-state index in [0.717, 1.165) is 29.6 Å². The summed E-state index contributed by atoms with van der Waals surface area (Å²) in [5.41, 5.74) is 5.91. The molecule has 0 amide bonds. The second kappa shape index (κ2) is 13.1. The van der Waals surface area contributed by atoms with Crippen molar-refractivity contribution in [2.24, 2.45) is 0 Å². The van der Waals surface area contributed by atoms with Crippen LogP contribution in [0.2, 0.25) is 0 Å². The van der Waals surface area contributed by atoms with E-state index in [1.54, 1.807) is 6.08 Å². The highest BCUT2D eigenvalue weighted by Gasteiger charge is 2.07. The summed E-state index contributed by atoms with van der Waals surface area (Å²) in [4.78, 5) is 0. The monoisotopic (exact) mass is 320 g/mol. The quantitative estimate of drug-likeness (QED) is 0.403. The molecule has 0 N–H and O–H groups in total. The number of aryl methyl sites for hydroxylation is 1. The lowest BCUT2D eigenvalue weighted by Gasteiger charge is -2.12. The van der Waals surface area contributed by atoms with Crippen molar-refractivity contribution in [1.82, 2.24) is 0 Å². The Morgan fingerprint density at radius 2 is 1.75 bits per heavy atom. The summed E-state index contributed by atoms with van der Waals surface area (Å²) in [5.74, 6) is 0. The van der Waals surface area contributed by atoms with Crippen LogP contribution < -0.4 is 0 Å². The van der Waals surface area contributed by atoms with Gasteiger partial charge in [-0.25, -0.2) is 0 Å². The molecule has 0 bridgehead atoms. The van der Waals surface area contributed by atoms with Crippen molar-refractivity contribution in [2.75, 3.05) is 0 Å². The molecule has 0 radical (unpaired) electrons. The van der Waals surface area contributed by atoms with Gasteiger partial charge in [-0.05, 0) is 54.5 Å². The third-order valence-corrected chi connectivity index (χ3v) is 3.42. The second-order valence-electron chi connectivity index (χ2n) is 5.28. The van der Waals surface area contributed by atoms with Gasteiger partial charge in [-0.2, -0.15) is 0 Å². The van der Waals surface area contributed by atoms with Crippen molar-refractivity contribution in [1.29, 1.82) is 0 Å². The maximum absolute atomic E-state index is 4.20. The molecule has 0 aromatic heterocycles. The van der Waals surface area contributed by atoms with Gasteiger partial charge < -0.3 is 0 Å². The van der Waals surface area contributed by atoms with Crippen LogP contribution in [0.15, 0.2) is 97.2 Å². The van der Waals surface area contributed by atoms with Crippen LogP contribution in [-0.2, 0) is 6.42 Å². The number of benzene rings is 1. The molecule has 128 valence electrons. The minimum Gasteiger partial charge on any atom is -0.103 e. The first kappa shape index (κ1) is 21.7. The Labute approximate surface area is 149 Å². The zero-order valence-corrected chi connectivity index (χ0v) is 15.8. The lowest BCUT2D eigenvalue weighted by Crippen LogP contribution is -1.96. The molecule has 1 aromatic rings. The van der Waals surface area contributed by atoms with Gasteiger partial charge in [0.1, 0.15) is 0 Å². The fourth-order valence-corrected chi connectivity index (χ4v) is 2.13. The minimum absolute atomic E-state index is 0.862. The first-order valence-electron chi connectivity index (χ1n) is 8.62. The van der Waals surface area contributed by atoms with Gasteiger partial charge in [0.2, 0.25) is 0 Å². The summed E-state index contributed by atoms with van der Waals surface area (Å²) in [6, 6.07) is 8.44. The predicted octanol–water partition coefficient (Wildman–Crippen LogP) is 7.31. The van der Waals surface area contributed by atoms with Crippen LogP contribution in [0.3, 0.4) is 0 Å². The van der Waals surface area contributed by atoms with E-state index in [-0.39, 0.29) is 0 Å². The van der Waals surface area contributed by atoms with Crippen molar-refractivity contribution in [3.8, 4) is 0 Å². The fourth-order valence-electron chi connectivity index (χ4n) is 2.13. The Kier molecular flexibility index (Phi) is 11.9. The summed E-state index contributed by atoms with van der Waals surface area (Å²) in [5, 5.41) is 0. The van der Waals surface area contributed by atoms with Gasteiger partial charge in [0.25, 0.3) is 0 Å². The molecule has 0 aliphatic heterocycles. The molecule has 0 heteroatoms. The van der Waals surface area contributed by atoms with E-state index < -0.39 is 0 Å². The van der Waals surface area contributed by atoms with Crippen LogP contribution in [0, 0.1) is 6.92 Å². The first-order chi connectivity index (χ1) is 11.6. The summed E-state index contributed by atoms with van der Waals surface area (Å²) < 4.78 is 0. The molecule has 0 saturated heterocycles. The molecule has 0 saturated carbocycles.